The first-order valence-corrected chi connectivity index (χ1v) is 42.6. The standard InChI is InChI=1S/C16H14ClFN2O2.C14H10ClFN2O2.C12H9N.2C11H9FN2.C8H5BrFN.C8Cl3FN2.2C8H2ClFN2.C8H3FN2/c1-9(2)7-21-15-11(6-19)13(18)14(20-5)16(12(15)17)22-8-10(3)4;1-4-6-19-13-9(8-17)11(16)12(18-3)14(10(13)15)20-7-5-2;1-3-7-11-9(5-1)10-6-2-4-8-12(10)13-11;1-6-7(2)11(12)10(5-14)8(3)9(6)4-13;1-6-7(2)9(5-13)10(12)11(14-4)8(6)3;1-5-3-8(11-2)6(9)4-7(5)10;1-14-8-4(9)3(2-13)7(12)5(10)6(8)11;1-12-6-2-5(4-11)8(10)7(9)3-6;1-12-7-3-2-6(10)5(4-11)8(7)9;1-11-7-2-3-8(9)6(4-7)5-10/h1,3,7-8H2,2,4H3;4-5H,1-2,6-7H2;1-8,13H;2*1-3H3;3-4H,1H3;;2*2-3H;2-4H. The number of nitriles is 9. The first-order valence-electron chi connectivity index (χ1n) is 39.2. The Morgan fingerprint density at radius 1 is 0.357 bits per heavy atom. The van der Waals surface area contributed by atoms with Gasteiger partial charge >= 0.3 is 0 Å². The molecule has 0 aliphatic rings. The molecule has 39 heteroatoms. The zero-order chi connectivity index (χ0) is 108. The van der Waals surface area contributed by atoms with Gasteiger partial charge < -0.3 is 23.9 Å². The minimum Gasteiger partial charge on any atom is -0.499 e. The van der Waals surface area contributed by atoms with Crippen molar-refractivity contribution in [2.45, 2.75) is 62.3 Å². The fraction of sp³-hybridized carbons (Fsp3) is 0.125. The molecule has 0 unspecified atom stereocenters. The lowest BCUT2D eigenvalue weighted by molar-refractivity contribution is 0.332. The molecule has 0 aliphatic heterocycles. The van der Waals surface area contributed by atoms with Gasteiger partial charge in [-0.1, -0.05) is 190 Å². The summed E-state index contributed by atoms with van der Waals surface area (Å²) in [5, 5.41) is 79.2. The number of hydrogen-bond donors (Lipinski definition) is 1. The molecule has 11 aromatic carbocycles. The molecule has 22 nitrogen and oxygen atoms in total. The van der Waals surface area contributed by atoms with E-state index in [1.807, 2.05) is 6.07 Å². The second kappa shape index (κ2) is 58.4. The first kappa shape index (κ1) is 120. The maximum atomic E-state index is 14.3. The van der Waals surface area contributed by atoms with Gasteiger partial charge in [-0.2, -0.15) is 47.4 Å². The smallest absolute Gasteiger partial charge is 0.266 e. The zero-order valence-corrected chi connectivity index (χ0v) is 82.7. The van der Waals surface area contributed by atoms with Gasteiger partial charge in [-0.15, -0.1) is 0 Å². The van der Waals surface area contributed by atoms with E-state index in [1.54, 1.807) is 105 Å². The Hall–Kier alpha value is -17.4. The summed E-state index contributed by atoms with van der Waals surface area (Å²) < 4.78 is 141. The molecule has 143 heavy (non-hydrogen) atoms. The number of fused-ring (bicyclic) bond motifs is 3. The molecule has 0 spiro atoms. The van der Waals surface area contributed by atoms with Crippen molar-refractivity contribution in [3.8, 4) is 77.6 Å². The fourth-order valence-electron chi connectivity index (χ4n) is 11.1. The van der Waals surface area contributed by atoms with Crippen molar-refractivity contribution in [2.75, 3.05) is 26.4 Å². The van der Waals surface area contributed by atoms with Crippen LogP contribution < -0.4 is 18.9 Å². The van der Waals surface area contributed by atoms with Crippen LogP contribution in [0.1, 0.15) is 103 Å². The van der Waals surface area contributed by atoms with Crippen LogP contribution in [-0.4, -0.2) is 31.4 Å². The van der Waals surface area contributed by atoms with E-state index in [-0.39, 0.29) is 142 Å². The Bertz CT molecular complexity index is 7370. The Labute approximate surface area is 860 Å². The quantitative estimate of drug-likeness (QED) is 0.0391. The largest absolute Gasteiger partial charge is 0.499 e. The van der Waals surface area contributed by atoms with Gasteiger partial charge in [-0.3, -0.25) is 0 Å². The van der Waals surface area contributed by atoms with Crippen molar-refractivity contribution < 1.29 is 58.5 Å². The van der Waals surface area contributed by atoms with Crippen molar-refractivity contribution in [2.24, 2.45) is 0 Å². The molecule has 1 aromatic heterocycles. The van der Waals surface area contributed by atoms with Gasteiger partial charge in [-0.25, -0.2) is 78.3 Å². The number of aromatic amines is 1. The van der Waals surface area contributed by atoms with Gasteiger partial charge in [0.25, 0.3) is 11.4 Å². The molecular weight excluding hydrogens is 2060 g/mol. The predicted molar refractivity (Wildman–Crippen MR) is 534 cm³/mol. The van der Waals surface area contributed by atoms with Crippen LogP contribution in [0.25, 0.3) is 60.6 Å². The number of benzene rings is 11. The van der Waals surface area contributed by atoms with E-state index in [0.29, 0.717) is 60.3 Å². The van der Waals surface area contributed by atoms with E-state index in [9.17, 15) is 39.5 Å². The van der Waals surface area contributed by atoms with E-state index < -0.39 is 79.6 Å². The molecule has 1 N–H and O–H groups in total. The molecule has 1 heterocycles. The lowest BCUT2D eigenvalue weighted by Crippen LogP contribution is -2.05. The lowest BCUT2D eigenvalue weighted by atomic mass is 9.94. The monoisotopic (exact) mass is 2120 g/mol. The first-order chi connectivity index (χ1) is 67.8. The summed E-state index contributed by atoms with van der Waals surface area (Å²) in [4.78, 5) is 27.8. The number of para-hydroxylation sites is 2. The number of nitrogens with one attached hydrogen (secondary N) is 1. The molecular formula is C104H63BrCl7F9N18O4. The number of rotatable bonds is 12. The summed E-state index contributed by atoms with van der Waals surface area (Å²) in [5.41, 5.74) is 6.03. The minimum absolute atomic E-state index is 0.0147. The molecule has 0 amide bonds. The van der Waals surface area contributed by atoms with Gasteiger partial charge in [0.05, 0.1) is 123 Å². The van der Waals surface area contributed by atoms with E-state index >= 15 is 0 Å². The Balaban J connectivity index is 0.000000412. The third-order valence-corrected chi connectivity index (χ3v) is 21.7. The van der Waals surface area contributed by atoms with E-state index in [1.165, 1.54) is 76.4 Å². The summed E-state index contributed by atoms with van der Waals surface area (Å²) in [5.74, 6) is -7.25. The number of H-pyrrole nitrogens is 1. The highest BCUT2D eigenvalue weighted by molar-refractivity contribution is 9.10. The van der Waals surface area contributed by atoms with Crippen LogP contribution in [0.2, 0.25) is 35.2 Å². The second-order valence-corrected chi connectivity index (χ2v) is 31.4. The summed E-state index contributed by atoms with van der Waals surface area (Å²) in [6.45, 7) is 83.7. The van der Waals surface area contributed by atoms with Gasteiger partial charge in [0.2, 0.25) is 22.7 Å². The van der Waals surface area contributed by atoms with Crippen molar-refractivity contribution >= 4 is 164 Å². The van der Waals surface area contributed by atoms with Crippen molar-refractivity contribution in [1.82, 2.24) is 4.98 Å². The number of nitrogens with zero attached hydrogens (tertiary/aromatic N) is 17. The van der Waals surface area contributed by atoms with Crippen LogP contribution in [0.4, 0.5) is 85.0 Å². The van der Waals surface area contributed by atoms with Crippen LogP contribution in [0, 0.1) is 255 Å². The SMILES string of the molecule is Cc1c(C)c(C#N)c(C)c(C#N)c1F.[C-]#[N+]c1c(C)c(C)c(C)c(C#N)c1F.[C-]#[N+]c1c(Cl)c(Cl)c(F)c(C#N)c1Cl.[C-]#[N+]c1c(F)c(C#N)c(OCC(=C)C)c(Cl)c1OCC(=C)C.[C-]#[N+]c1c(F)c(C#N)c(OCC=C)c(Cl)c1OCC=C.[C-]#[N+]c1cc(C)c(F)cc1Br.[C-]#[N+]c1cc(Cl)c(F)c(C#N)c1.[C-]#[N+]c1ccc(F)c(C#N)c1.[C-]#[N+]c1ccc(F)c(C#N)c1Cl.c1ccc2c(c1)[nH]c1ccccc12. The number of halogens is 17. The van der Waals surface area contributed by atoms with Gasteiger partial charge in [-0.05, 0) is 161 Å². The third-order valence-electron chi connectivity index (χ3n) is 18.6. The average Bonchev–Trinajstić information content (AvgIpc) is 1.27. The predicted octanol–water partition coefficient (Wildman–Crippen LogP) is 33.5. The summed E-state index contributed by atoms with van der Waals surface area (Å²) >= 11 is 42.8. The number of hydrogen-bond acceptors (Lipinski definition) is 13. The summed E-state index contributed by atoms with van der Waals surface area (Å²) in [6.07, 6.45) is 2.84. The molecule has 12 rings (SSSR count). The molecule has 0 saturated carbocycles. The highest BCUT2D eigenvalue weighted by Crippen LogP contribution is 2.49. The minimum atomic E-state index is -1.02. The summed E-state index contributed by atoms with van der Waals surface area (Å²) in [7, 11) is 0. The topological polar surface area (TPSA) is 302 Å². The third kappa shape index (κ3) is 30.8. The summed E-state index contributed by atoms with van der Waals surface area (Å²) in [6, 6.07) is 43.1. The number of ether oxygens (including phenoxy) is 4. The molecule has 0 bridgehead atoms. The van der Waals surface area contributed by atoms with E-state index in [4.69, 9.17) is 200 Å². The average molecular weight is 2130 g/mol. The molecule has 0 saturated heterocycles. The second-order valence-electron chi connectivity index (χ2n) is 27.9. The van der Waals surface area contributed by atoms with Crippen molar-refractivity contribution in [3.05, 3.63) is 425 Å². The molecule has 0 radical (unpaired) electrons. The van der Waals surface area contributed by atoms with Crippen LogP contribution in [0.15, 0.2) is 157 Å². The number of aromatic nitrogens is 1. The molecule has 12 aromatic rings. The Morgan fingerprint density at radius 2 is 0.776 bits per heavy atom. The van der Waals surface area contributed by atoms with E-state index in [2.05, 4.69) is 135 Å². The van der Waals surface area contributed by atoms with Crippen molar-refractivity contribution in [3.63, 3.8) is 0 Å². The zero-order valence-electron chi connectivity index (χ0n) is 75.8. The van der Waals surface area contributed by atoms with Gasteiger partial charge in [0.15, 0.2) is 57.6 Å². The molecule has 712 valence electrons. The van der Waals surface area contributed by atoms with Gasteiger partial charge in [0.1, 0.15) is 125 Å². The molecule has 0 fully saturated rings. The van der Waals surface area contributed by atoms with Crippen LogP contribution >= 0.6 is 97.1 Å². The maximum Gasteiger partial charge on any atom is 0.266 e. The molecule has 0 aliphatic carbocycles. The molecule has 0 atom stereocenters. The van der Waals surface area contributed by atoms with Crippen LogP contribution in [0.3, 0.4) is 0 Å². The Kier molecular flexibility index (Phi) is 48.9. The number of aryl methyl sites for hydroxylation is 1. The lowest BCUT2D eigenvalue weighted by Gasteiger charge is -2.16. The normalized spacial score (nSPS) is 9.29. The van der Waals surface area contributed by atoms with Gasteiger partial charge in [0, 0.05) is 26.3 Å². The highest BCUT2D eigenvalue weighted by atomic mass is 79.9. The van der Waals surface area contributed by atoms with E-state index in [0.717, 1.165) is 23.8 Å². The maximum absolute atomic E-state index is 14.3. The highest BCUT2D eigenvalue weighted by Gasteiger charge is 2.30. The van der Waals surface area contributed by atoms with Crippen molar-refractivity contribution in [1.29, 1.82) is 47.4 Å². The van der Waals surface area contributed by atoms with Crippen LogP contribution in [-0.2, 0) is 0 Å². The fourth-order valence-corrected chi connectivity index (χ4v) is 13.3. The Morgan fingerprint density at radius 3 is 1.22 bits per heavy atom. The van der Waals surface area contributed by atoms with Crippen LogP contribution in [0.5, 0.6) is 23.0 Å².